The third kappa shape index (κ3) is 6.14. The lowest BCUT2D eigenvalue weighted by Gasteiger charge is -2.36. The Labute approximate surface area is 184 Å². The van der Waals surface area contributed by atoms with Gasteiger partial charge in [-0.3, -0.25) is 9.67 Å². The zero-order valence-corrected chi connectivity index (χ0v) is 19.5. The van der Waals surface area contributed by atoms with E-state index in [0.717, 1.165) is 32.1 Å². The Morgan fingerprint density at radius 2 is 2.07 bits per heavy atom. The van der Waals surface area contributed by atoms with Crippen LogP contribution in [0.1, 0.15) is 25.0 Å². The van der Waals surface area contributed by atoms with Crippen molar-refractivity contribution in [3.63, 3.8) is 0 Å². The highest BCUT2D eigenvalue weighted by Crippen LogP contribution is 2.25. The molecule has 1 saturated heterocycles. The van der Waals surface area contributed by atoms with Crippen molar-refractivity contribution in [1.29, 1.82) is 0 Å². The van der Waals surface area contributed by atoms with Crippen LogP contribution in [0.4, 0.5) is 0 Å². The standard InChI is InChI=1S/C20H29N5S.HI/c1-16(2)19-15-24(11-12-26-19)20(21-3)22-13-17-7-4-5-8-18(17)14-25-10-6-9-23-25;/h4-10,16,19H,11-15H2,1-3H3,(H,21,22);1H. The maximum atomic E-state index is 4.53. The highest BCUT2D eigenvalue weighted by molar-refractivity contribution is 14.0. The highest BCUT2D eigenvalue weighted by atomic mass is 127. The Morgan fingerprint density at radius 1 is 1.30 bits per heavy atom. The first kappa shape index (κ1) is 22.1. The quantitative estimate of drug-likeness (QED) is 0.387. The van der Waals surface area contributed by atoms with Crippen LogP contribution in [0.2, 0.25) is 0 Å². The summed E-state index contributed by atoms with van der Waals surface area (Å²) in [6, 6.07) is 10.5. The van der Waals surface area contributed by atoms with Crippen molar-refractivity contribution in [3.8, 4) is 0 Å². The number of aliphatic imine (C=N–C) groups is 1. The van der Waals surface area contributed by atoms with Gasteiger partial charge in [0, 0.05) is 50.1 Å². The van der Waals surface area contributed by atoms with E-state index in [4.69, 9.17) is 0 Å². The van der Waals surface area contributed by atoms with E-state index in [2.05, 4.69) is 70.2 Å². The van der Waals surface area contributed by atoms with Crippen LogP contribution in [0.15, 0.2) is 47.7 Å². The van der Waals surface area contributed by atoms with E-state index < -0.39 is 0 Å². The SMILES string of the molecule is CN=C(NCc1ccccc1Cn1cccn1)N1CCSC(C(C)C)C1.I. The summed E-state index contributed by atoms with van der Waals surface area (Å²) in [4.78, 5) is 6.93. The van der Waals surface area contributed by atoms with Gasteiger partial charge in [0.1, 0.15) is 0 Å². The van der Waals surface area contributed by atoms with Crippen LogP contribution in [0.25, 0.3) is 0 Å². The zero-order valence-electron chi connectivity index (χ0n) is 16.3. The van der Waals surface area contributed by atoms with Crippen LogP contribution >= 0.6 is 35.7 Å². The van der Waals surface area contributed by atoms with E-state index in [-0.39, 0.29) is 24.0 Å². The molecule has 1 unspecified atom stereocenters. The molecule has 3 rings (SSSR count). The van der Waals surface area contributed by atoms with Crippen molar-refractivity contribution >= 4 is 41.7 Å². The number of guanidine groups is 1. The second-order valence-electron chi connectivity index (χ2n) is 6.97. The predicted molar refractivity (Wildman–Crippen MR) is 126 cm³/mol. The smallest absolute Gasteiger partial charge is 0.193 e. The van der Waals surface area contributed by atoms with E-state index in [0.29, 0.717) is 11.2 Å². The van der Waals surface area contributed by atoms with Gasteiger partial charge in [0.2, 0.25) is 0 Å². The molecule has 0 amide bonds. The second kappa shape index (κ2) is 10.9. The van der Waals surface area contributed by atoms with Crippen LogP contribution in [0.3, 0.4) is 0 Å². The van der Waals surface area contributed by atoms with Gasteiger partial charge >= 0.3 is 0 Å². The van der Waals surface area contributed by atoms with Gasteiger partial charge in [-0.05, 0) is 23.1 Å². The number of benzene rings is 1. The first-order valence-electron chi connectivity index (χ1n) is 9.28. The summed E-state index contributed by atoms with van der Waals surface area (Å²) in [5, 5.41) is 8.57. The molecule has 1 aromatic carbocycles. The largest absolute Gasteiger partial charge is 0.352 e. The molecule has 0 aliphatic carbocycles. The number of hydrogen-bond acceptors (Lipinski definition) is 3. The van der Waals surface area contributed by atoms with E-state index in [1.807, 2.05) is 30.2 Å². The average Bonchev–Trinajstić information content (AvgIpc) is 3.17. The molecule has 0 radical (unpaired) electrons. The van der Waals surface area contributed by atoms with Crippen molar-refractivity contribution in [2.45, 2.75) is 32.2 Å². The summed E-state index contributed by atoms with van der Waals surface area (Å²) < 4.78 is 1.96. The third-order valence-corrected chi connectivity index (χ3v) is 6.34. The first-order valence-corrected chi connectivity index (χ1v) is 10.3. The lowest BCUT2D eigenvalue weighted by atomic mass is 10.1. The molecular formula is C20H30IN5S. The maximum absolute atomic E-state index is 4.53. The van der Waals surface area contributed by atoms with Crippen molar-refractivity contribution in [2.75, 3.05) is 25.9 Å². The molecular weight excluding hydrogens is 469 g/mol. The maximum Gasteiger partial charge on any atom is 0.193 e. The van der Waals surface area contributed by atoms with Crippen molar-refractivity contribution < 1.29 is 0 Å². The molecule has 0 saturated carbocycles. The molecule has 1 aromatic heterocycles. The fraction of sp³-hybridized carbons (Fsp3) is 0.500. The number of nitrogens with one attached hydrogen (secondary N) is 1. The Hall–Kier alpha value is -1.22. The molecule has 1 atom stereocenters. The van der Waals surface area contributed by atoms with Crippen LogP contribution in [-0.2, 0) is 13.1 Å². The molecule has 0 bridgehead atoms. The van der Waals surface area contributed by atoms with Gasteiger partial charge in [0.05, 0.1) is 6.54 Å². The molecule has 5 nitrogen and oxygen atoms in total. The van der Waals surface area contributed by atoms with Gasteiger partial charge < -0.3 is 10.2 Å². The third-order valence-electron chi connectivity index (χ3n) is 4.80. The summed E-state index contributed by atoms with van der Waals surface area (Å²) in [5.41, 5.74) is 2.57. The summed E-state index contributed by atoms with van der Waals surface area (Å²) in [6.45, 7) is 8.31. The van der Waals surface area contributed by atoms with Crippen molar-refractivity contribution in [3.05, 3.63) is 53.9 Å². The Kier molecular flexibility index (Phi) is 8.95. The molecule has 1 aliphatic heterocycles. The minimum absolute atomic E-state index is 0. The Bertz CT molecular complexity index is 717. The minimum atomic E-state index is 0. The molecule has 27 heavy (non-hydrogen) atoms. The minimum Gasteiger partial charge on any atom is -0.352 e. The number of nitrogens with zero attached hydrogens (tertiary/aromatic N) is 4. The van der Waals surface area contributed by atoms with Gasteiger partial charge in [-0.15, -0.1) is 24.0 Å². The number of thioether (sulfide) groups is 1. The molecule has 1 aliphatic rings. The van der Waals surface area contributed by atoms with Gasteiger partial charge in [0.25, 0.3) is 0 Å². The van der Waals surface area contributed by atoms with E-state index in [1.165, 1.54) is 16.9 Å². The van der Waals surface area contributed by atoms with Crippen LogP contribution in [0, 0.1) is 5.92 Å². The molecule has 1 fully saturated rings. The lowest BCUT2D eigenvalue weighted by Crippen LogP contribution is -2.48. The average molecular weight is 499 g/mol. The van der Waals surface area contributed by atoms with E-state index in [1.54, 1.807) is 0 Å². The Morgan fingerprint density at radius 3 is 2.74 bits per heavy atom. The Balaban J connectivity index is 0.00000261. The zero-order chi connectivity index (χ0) is 18.4. The fourth-order valence-corrected chi connectivity index (χ4v) is 4.53. The normalized spacial score (nSPS) is 17.7. The summed E-state index contributed by atoms with van der Waals surface area (Å²) >= 11 is 2.09. The van der Waals surface area contributed by atoms with Gasteiger partial charge in [0.15, 0.2) is 5.96 Å². The predicted octanol–water partition coefficient (Wildman–Crippen LogP) is 3.70. The molecule has 2 aromatic rings. The van der Waals surface area contributed by atoms with Crippen molar-refractivity contribution in [1.82, 2.24) is 20.0 Å². The summed E-state index contributed by atoms with van der Waals surface area (Å²) in [7, 11) is 1.88. The van der Waals surface area contributed by atoms with Crippen molar-refractivity contribution in [2.24, 2.45) is 10.9 Å². The number of rotatable bonds is 5. The molecule has 0 spiro atoms. The van der Waals surface area contributed by atoms with Gasteiger partial charge in [-0.25, -0.2) is 0 Å². The summed E-state index contributed by atoms with van der Waals surface area (Å²) in [5.74, 6) is 2.86. The number of aromatic nitrogens is 2. The fourth-order valence-electron chi connectivity index (χ4n) is 3.23. The van der Waals surface area contributed by atoms with Crippen LogP contribution < -0.4 is 5.32 Å². The van der Waals surface area contributed by atoms with E-state index >= 15 is 0 Å². The van der Waals surface area contributed by atoms with Crippen LogP contribution in [-0.4, -0.2) is 51.8 Å². The van der Waals surface area contributed by atoms with Gasteiger partial charge in [-0.1, -0.05) is 38.1 Å². The molecule has 1 N–H and O–H groups in total. The lowest BCUT2D eigenvalue weighted by molar-refractivity contribution is 0.380. The summed E-state index contributed by atoms with van der Waals surface area (Å²) in [6.07, 6.45) is 3.82. The number of hydrogen-bond donors (Lipinski definition) is 1. The molecule has 2 heterocycles. The first-order chi connectivity index (χ1) is 12.7. The van der Waals surface area contributed by atoms with Gasteiger partial charge in [-0.2, -0.15) is 16.9 Å². The molecule has 148 valence electrons. The van der Waals surface area contributed by atoms with Crippen LogP contribution in [0.5, 0.6) is 0 Å². The monoisotopic (exact) mass is 499 g/mol. The number of halogens is 1. The molecule has 7 heteroatoms. The topological polar surface area (TPSA) is 45.5 Å². The van der Waals surface area contributed by atoms with E-state index in [9.17, 15) is 0 Å². The second-order valence-corrected chi connectivity index (χ2v) is 8.32. The highest BCUT2D eigenvalue weighted by Gasteiger charge is 2.24.